The van der Waals surface area contributed by atoms with Gasteiger partial charge in [-0.15, -0.1) is 0 Å². The Morgan fingerprint density at radius 3 is 2.47 bits per heavy atom. The van der Waals surface area contributed by atoms with Crippen LogP contribution in [-0.2, 0) is 9.53 Å². The Morgan fingerprint density at radius 1 is 1.47 bits per heavy atom. The van der Waals surface area contributed by atoms with Gasteiger partial charge < -0.3 is 15.6 Å². The van der Waals surface area contributed by atoms with E-state index in [4.69, 9.17) is 10.5 Å². The smallest absolute Gasteiger partial charge is 0.309 e. The van der Waals surface area contributed by atoms with Crippen LogP contribution in [0.3, 0.4) is 0 Å². The highest BCUT2D eigenvalue weighted by molar-refractivity contribution is 5.73. The van der Waals surface area contributed by atoms with Gasteiger partial charge in [0.2, 0.25) is 0 Å². The minimum absolute atomic E-state index is 0.0440. The van der Waals surface area contributed by atoms with Gasteiger partial charge in [-0.3, -0.25) is 4.79 Å². The molecule has 0 aromatic rings. The number of nitrogens with two attached hydrogens (primary N) is 1. The van der Waals surface area contributed by atoms with Crippen molar-refractivity contribution >= 4 is 5.97 Å². The predicted molar refractivity (Wildman–Crippen MR) is 57.1 cm³/mol. The fourth-order valence-electron chi connectivity index (χ4n) is 1.93. The van der Waals surface area contributed by atoms with Crippen LogP contribution in [0.15, 0.2) is 0 Å². The molecule has 1 aliphatic rings. The van der Waals surface area contributed by atoms with Gasteiger partial charge in [0.1, 0.15) is 5.60 Å². The highest BCUT2D eigenvalue weighted by atomic mass is 16.6. The largest absolute Gasteiger partial charge is 0.460 e. The lowest BCUT2D eigenvalue weighted by molar-refractivity contribution is -0.160. The van der Waals surface area contributed by atoms with Crippen LogP contribution >= 0.6 is 0 Å². The second-order valence-corrected chi connectivity index (χ2v) is 5.26. The maximum atomic E-state index is 11.7. The van der Waals surface area contributed by atoms with Crippen molar-refractivity contribution in [2.45, 2.75) is 45.3 Å². The summed E-state index contributed by atoms with van der Waals surface area (Å²) in [5.41, 5.74) is 5.05. The van der Waals surface area contributed by atoms with Crippen LogP contribution in [0.2, 0.25) is 0 Å². The van der Waals surface area contributed by atoms with E-state index >= 15 is 0 Å². The van der Waals surface area contributed by atoms with E-state index in [1.807, 2.05) is 20.8 Å². The normalized spacial score (nSPS) is 31.7. The number of ether oxygens (including phenoxy) is 1. The lowest BCUT2D eigenvalue weighted by Gasteiger charge is -2.21. The number of carbonyl (C=O) groups excluding carboxylic acids is 1. The number of aliphatic hydroxyl groups excluding tert-OH is 1. The van der Waals surface area contributed by atoms with Gasteiger partial charge >= 0.3 is 5.97 Å². The lowest BCUT2D eigenvalue weighted by atomic mass is 10.0. The number of esters is 1. The van der Waals surface area contributed by atoms with Gasteiger partial charge in [-0.25, -0.2) is 0 Å². The second kappa shape index (κ2) is 4.49. The topological polar surface area (TPSA) is 72.5 Å². The summed E-state index contributed by atoms with van der Waals surface area (Å²) in [6.45, 7) is 5.96. The molecule has 1 saturated carbocycles. The molecular formula is C11H21NO3. The van der Waals surface area contributed by atoms with Crippen molar-refractivity contribution < 1.29 is 14.6 Å². The van der Waals surface area contributed by atoms with Crippen LogP contribution in [0.5, 0.6) is 0 Å². The monoisotopic (exact) mass is 215 g/mol. The average molecular weight is 215 g/mol. The molecule has 1 fully saturated rings. The zero-order valence-electron chi connectivity index (χ0n) is 9.69. The molecule has 0 aliphatic heterocycles. The van der Waals surface area contributed by atoms with E-state index in [2.05, 4.69) is 0 Å². The quantitative estimate of drug-likeness (QED) is 0.664. The first-order valence-corrected chi connectivity index (χ1v) is 5.44. The fourth-order valence-corrected chi connectivity index (χ4v) is 1.93. The lowest BCUT2D eigenvalue weighted by Crippen LogP contribution is -2.28. The maximum Gasteiger partial charge on any atom is 0.309 e. The molecule has 1 aliphatic carbocycles. The van der Waals surface area contributed by atoms with E-state index in [1.165, 1.54) is 0 Å². The molecule has 4 nitrogen and oxygen atoms in total. The molecule has 88 valence electrons. The fraction of sp³-hybridized carbons (Fsp3) is 0.909. The van der Waals surface area contributed by atoms with Gasteiger partial charge in [0.25, 0.3) is 0 Å². The Balaban J connectivity index is 2.50. The van der Waals surface area contributed by atoms with E-state index in [-0.39, 0.29) is 17.8 Å². The summed E-state index contributed by atoms with van der Waals surface area (Å²) < 4.78 is 5.27. The van der Waals surface area contributed by atoms with Crippen molar-refractivity contribution in [2.24, 2.45) is 17.6 Å². The molecule has 3 atom stereocenters. The van der Waals surface area contributed by atoms with Crippen LogP contribution < -0.4 is 5.73 Å². The SMILES string of the molecule is CC(C)(C)OC(=O)[C@H]1C[C@H](CN)[C@@H](O)C1. The third-order valence-corrected chi connectivity index (χ3v) is 2.70. The predicted octanol–water partition coefficient (Wildman–Crippen LogP) is 0.674. The van der Waals surface area contributed by atoms with Crippen LogP contribution in [0.25, 0.3) is 0 Å². The van der Waals surface area contributed by atoms with Gasteiger partial charge in [-0.2, -0.15) is 0 Å². The molecule has 0 amide bonds. The summed E-state index contributed by atoms with van der Waals surface area (Å²) >= 11 is 0. The van der Waals surface area contributed by atoms with Gasteiger partial charge in [-0.05, 0) is 46.1 Å². The zero-order chi connectivity index (χ0) is 11.6. The van der Waals surface area contributed by atoms with Gasteiger partial charge in [0.15, 0.2) is 0 Å². The summed E-state index contributed by atoms with van der Waals surface area (Å²) in [7, 11) is 0. The molecule has 0 bridgehead atoms. The Labute approximate surface area is 90.8 Å². The molecule has 1 rings (SSSR count). The third kappa shape index (κ3) is 3.47. The van der Waals surface area contributed by atoms with Crippen molar-refractivity contribution in [1.29, 1.82) is 0 Å². The molecule has 0 unspecified atom stereocenters. The van der Waals surface area contributed by atoms with Crippen LogP contribution in [0.4, 0.5) is 0 Å². The minimum atomic E-state index is -0.456. The maximum absolute atomic E-state index is 11.7. The Morgan fingerprint density at radius 2 is 2.07 bits per heavy atom. The third-order valence-electron chi connectivity index (χ3n) is 2.70. The molecule has 4 heteroatoms. The van der Waals surface area contributed by atoms with Crippen LogP contribution in [-0.4, -0.2) is 29.3 Å². The molecule has 0 aromatic heterocycles. The molecule has 0 spiro atoms. The van der Waals surface area contributed by atoms with Crippen molar-refractivity contribution in [3.8, 4) is 0 Å². The Hall–Kier alpha value is -0.610. The average Bonchev–Trinajstić information content (AvgIpc) is 2.43. The first-order chi connectivity index (χ1) is 6.83. The zero-order valence-corrected chi connectivity index (χ0v) is 9.69. The number of hydrogen-bond acceptors (Lipinski definition) is 4. The summed E-state index contributed by atoms with van der Waals surface area (Å²) in [6, 6.07) is 0. The molecule has 3 N–H and O–H groups in total. The van der Waals surface area contributed by atoms with Crippen molar-refractivity contribution in [2.75, 3.05) is 6.54 Å². The van der Waals surface area contributed by atoms with Gasteiger partial charge in [-0.1, -0.05) is 0 Å². The summed E-state index contributed by atoms with van der Waals surface area (Å²) in [6.07, 6.45) is 0.677. The summed E-state index contributed by atoms with van der Waals surface area (Å²) in [5, 5.41) is 9.62. The molecular weight excluding hydrogens is 194 g/mol. The van der Waals surface area contributed by atoms with E-state index < -0.39 is 11.7 Å². The second-order valence-electron chi connectivity index (χ2n) is 5.26. The Bertz CT molecular complexity index is 234. The van der Waals surface area contributed by atoms with Crippen LogP contribution in [0.1, 0.15) is 33.6 Å². The molecule has 0 radical (unpaired) electrons. The van der Waals surface area contributed by atoms with Crippen molar-refractivity contribution in [3.05, 3.63) is 0 Å². The van der Waals surface area contributed by atoms with Crippen molar-refractivity contribution in [1.82, 2.24) is 0 Å². The number of carbonyl (C=O) groups is 1. The van der Waals surface area contributed by atoms with Gasteiger partial charge in [0.05, 0.1) is 12.0 Å². The van der Waals surface area contributed by atoms with Gasteiger partial charge in [0, 0.05) is 0 Å². The van der Waals surface area contributed by atoms with E-state index in [0.717, 1.165) is 0 Å². The highest BCUT2D eigenvalue weighted by Gasteiger charge is 2.38. The number of aliphatic hydroxyl groups is 1. The Kier molecular flexibility index (Phi) is 3.73. The summed E-state index contributed by atoms with van der Waals surface area (Å²) in [5.74, 6) is -0.354. The first-order valence-electron chi connectivity index (χ1n) is 5.44. The van der Waals surface area contributed by atoms with Crippen molar-refractivity contribution in [3.63, 3.8) is 0 Å². The summed E-state index contributed by atoms with van der Waals surface area (Å²) in [4.78, 5) is 11.7. The highest BCUT2D eigenvalue weighted by Crippen LogP contribution is 2.32. The molecule has 15 heavy (non-hydrogen) atoms. The molecule has 0 aromatic carbocycles. The van der Waals surface area contributed by atoms with Crippen LogP contribution in [0, 0.1) is 11.8 Å². The van der Waals surface area contributed by atoms with E-state index in [0.29, 0.717) is 19.4 Å². The molecule has 0 heterocycles. The first kappa shape index (κ1) is 12.5. The minimum Gasteiger partial charge on any atom is -0.460 e. The van der Waals surface area contributed by atoms with E-state index in [1.54, 1.807) is 0 Å². The number of rotatable bonds is 2. The number of hydrogen-bond donors (Lipinski definition) is 2. The standard InChI is InChI=1S/C11H21NO3/c1-11(2,3)15-10(14)7-4-8(6-12)9(13)5-7/h7-9,13H,4-6,12H2,1-3H3/t7-,8+,9-/m0/s1. The van der Waals surface area contributed by atoms with E-state index in [9.17, 15) is 9.90 Å². The molecule has 0 saturated heterocycles.